The number of anilines is 1. The van der Waals surface area contributed by atoms with Gasteiger partial charge >= 0.3 is 5.97 Å². The zero-order valence-corrected chi connectivity index (χ0v) is 12.2. The van der Waals surface area contributed by atoms with Crippen LogP contribution in [0.4, 0.5) is 5.82 Å². The minimum Gasteiger partial charge on any atom is -0.478 e. The first kappa shape index (κ1) is 14.2. The second-order valence-corrected chi connectivity index (χ2v) is 6.30. The number of aromatic nitrogens is 1. The van der Waals surface area contributed by atoms with Gasteiger partial charge in [-0.05, 0) is 37.7 Å². The molecule has 19 heavy (non-hydrogen) atoms. The smallest absolute Gasteiger partial charge is 0.335 e. The molecule has 5 heteroatoms. The molecule has 0 saturated heterocycles. The third kappa shape index (κ3) is 3.62. The predicted octanol–water partition coefficient (Wildman–Crippen LogP) is 3.04. The van der Waals surface area contributed by atoms with Gasteiger partial charge in [0.15, 0.2) is 0 Å². The van der Waals surface area contributed by atoms with Crippen LogP contribution in [-0.2, 0) is 6.42 Å². The maximum absolute atomic E-state index is 11.1. The Morgan fingerprint density at radius 3 is 2.79 bits per heavy atom. The van der Waals surface area contributed by atoms with Crippen molar-refractivity contribution in [3.05, 3.63) is 23.4 Å². The second kappa shape index (κ2) is 5.82. The number of nitrogens with zero attached hydrogens (tertiary/aromatic N) is 1. The Morgan fingerprint density at radius 2 is 2.26 bits per heavy atom. The summed E-state index contributed by atoms with van der Waals surface area (Å²) in [4.78, 5) is 15.6. The number of pyridine rings is 1. The molecule has 1 aromatic heterocycles. The van der Waals surface area contributed by atoms with Gasteiger partial charge in [-0.25, -0.2) is 9.78 Å². The van der Waals surface area contributed by atoms with Crippen LogP contribution in [0, 0.1) is 0 Å². The van der Waals surface area contributed by atoms with E-state index in [2.05, 4.69) is 23.5 Å². The van der Waals surface area contributed by atoms with E-state index < -0.39 is 5.97 Å². The molecular formula is C14H20N2O2S. The molecule has 1 heterocycles. The highest BCUT2D eigenvalue weighted by Gasteiger charge is 2.41. The van der Waals surface area contributed by atoms with E-state index in [0.29, 0.717) is 16.1 Å². The van der Waals surface area contributed by atoms with Crippen molar-refractivity contribution in [3.63, 3.8) is 0 Å². The van der Waals surface area contributed by atoms with Gasteiger partial charge < -0.3 is 10.4 Å². The van der Waals surface area contributed by atoms with Crippen molar-refractivity contribution in [2.24, 2.45) is 0 Å². The summed E-state index contributed by atoms with van der Waals surface area (Å²) in [6, 6.07) is 3.29. The molecule has 2 rings (SSSR count). The Kier molecular flexibility index (Phi) is 4.34. The molecule has 1 aromatic rings. The van der Waals surface area contributed by atoms with Crippen molar-refractivity contribution in [1.29, 1.82) is 0 Å². The van der Waals surface area contributed by atoms with E-state index in [4.69, 9.17) is 5.11 Å². The van der Waals surface area contributed by atoms with E-state index >= 15 is 0 Å². The number of carboxylic acid groups (broad SMARTS) is 1. The van der Waals surface area contributed by atoms with Gasteiger partial charge in [-0.15, -0.1) is 0 Å². The highest BCUT2D eigenvalue weighted by molar-refractivity contribution is 8.00. The van der Waals surface area contributed by atoms with Crippen molar-refractivity contribution in [1.82, 2.24) is 4.98 Å². The minimum absolute atomic E-state index is 0.315. The van der Waals surface area contributed by atoms with Gasteiger partial charge in [-0.3, -0.25) is 0 Å². The summed E-state index contributed by atoms with van der Waals surface area (Å²) in [5, 5.41) is 12.4. The SMILES string of the molecule is CCCc1cc(C(=O)O)cc(NCC2(SC)CC2)n1. The van der Waals surface area contributed by atoms with Crippen molar-refractivity contribution in [3.8, 4) is 0 Å². The van der Waals surface area contributed by atoms with Crippen molar-refractivity contribution in [2.45, 2.75) is 37.4 Å². The predicted molar refractivity (Wildman–Crippen MR) is 79.2 cm³/mol. The molecule has 0 unspecified atom stereocenters. The Balaban J connectivity index is 2.11. The fourth-order valence-corrected chi connectivity index (χ4v) is 2.76. The molecule has 1 aliphatic carbocycles. The molecule has 1 aliphatic rings. The fourth-order valence-electron chi connectivity index (χ4n) is 2.03. The molecular weight excluding hydrogens is 260 g/mol. The summed E-state index contributed by atoms with van der Waals surface area (Å²) >= 11 is 1.88. The number of carboxylic acids is 1. The zero-order chi connectivity index (χ0) is 13.9. The van der Waals surface area contributed by atoms with Gasteiger partial charge in [-0.2, -0.15) is 11.8 Å². The van der Waals surface area contributed by atoms with E-state index in [1.165, 1.54) is 12.8 Å². The average molecular weight is 280 g/mol. The van der Waals surface area contributed by atoms with E-state index in [-0.39, 0.29) is 0 Å². The van der Waals surface area contributed by atoms with E-state index in [9.17, 15) is 4.79 Å². The van der Waals surface area contributed by atoms with Crippen molar-refractivity contribution < 1.29 is 9.90 Å². The normalized spacial score (nSPS) is 16.1. The first-order valence-corrected chi connectivity index (χ1v) is 7.84. The molecule has 0 atom stereocenters. The lowest BCUT2D eigenvalue weighted by atomic mass is 10.1. The first-order valence-electron chi connectivity index (χ1n) is 6.62. The van der Waals surface area contributed by atoms with E-state index in [0.717, 1.165) is 25.1 Å². The molecule has 2 N–H and O–H groups in total. The van der Waals surface area contributed by atoms with Gasteiger partial charge in [0.25, 0.3) is 0 Å². The topological polar surface area (TPSA) is 62.2 Å². The minimum atomic E-state index is -0.895. The highest BCUT2D eigenvalue weighted by atomic mass is 32.2. The second-order valence-electron chi connectivity index (χ2n) is 5.03. The van der Waals surface area contributed by atoms with Gasteiger partial charge in [0.2, 0.25) is 0 Å². The summed E-state index contributed by atoms with van der Waals surface area (Å²) in [5.41, 5.74) is 1.16. The zero-order valence-electron chi connectivity index (χ0n) is 11.4. The summed E-state index contributed by atoms with van der Waals surface area (Å²) < 4.78 is 0.339. The van der Waals surface area contributed by atoms with Gasteiger partial charge in [0.1, 0.15) is 5.82 Å². The molecule has 0 aliphatic heterocycles. The van der Waals surface area contributed by atoms with E-state index in [1.807, 2.05) is 11.8 Å². The fraction of sp³-hybridized carbons (Fsp3) is 0.571. The Labute approximate surface area is 118 Å². The summed E-state index contributed by atoms with van der Waals surface area (Å²) in [6.45, 7) is 2.92. The maximum Gasteiger partial charge on any atom is 0.335 e. The summed E-state index contributed by atoms with van der Waals surface area (Å²) in [6.07, 6.45) is 6.34. The van der Waals surface area contributed by atoms with Crippen LogP contribution in [0.25, 0.3) is 0 Å². The van der Waals surface area contributed by atoms with Crippen LogP contribution in [0.3, 0.4) is 0 Å². The molecule has 4 nitrogen and oxygen atoms in total. The van der Waals surface area contributed by atoms with Crippen LogP contribution in [-0.4, -0.2) is 33.6 Å². The van der Waals surface area contributed by atoms with Gasteiger partial charge in [-0.1, -0.05) is 13.3 Å². The number of carbonyl (C=O) groups is 1. The molecule has 0 amide bonds. The molecule has 0 aromatic carbocycles. The number of hydrogen-bond donors (Lipinski definition) is 2. The van der Waals surface area contributed by atoms with Crippen LogP contribution in [0.15, 0.2) is 12.1 Å². The van der Waals surface area contributed by atoms with E-state index in [1.54, 1.807) is 12.1 Å². The maximum atomic E-state index is 11.1. The Hall–Kier alpha value is -1.23. The van der Waals surface area contributed by atoms with Crippen LogP contribution in [0.5, 0.6) is 0 Å². The van der Waals surface area contributed by atoms with Crippen LogP contribution < -0.4 is 5.32 Å². The highest BCUT2D eigenvalue weighted by Crippen LogP contribution is 2.46. The lowest BCUT2D eigenvalue weighted by Crippen LogP contribution is -2.18. The van der Waals surface area contributed by atoms with Crippen LogP contribution in [0.1, 0.15) is 42.2 Å². The number of rotatable bonds is 7. The number of thioether (sulfide) groups is 1. The number of aryl methyl sites for hydroxylation is 1. The number of nitrogens with one attached hydrogen (secondary N) is 1. The van der Waals surface area contributed by atoms with Gasteiger partial charge in [0, 0.05) is 17.0 Å². The molecule has 1 saturated carbocycles. The molecule has 0 bridgehead atoms. The van der Waals surface area contributed by atoms with Crippen molar-refractivity contribution in [2.75, 3.05) is 18.1 Å². The van der Waals surface area contributed by atoms with Crippen LogP contribution >= 0.6 is 11.8 Å². The molecule has 0 radical (unpaired) electrons. The first-order chi connectivity index (χ1) is 9.08. The Morgan fingerprint density at radius 1 is 1.53 bits per heavy atom. The van der Waals surface area contributed by atoms with Gasteiger partial charge in [0.05, 0.1) is 5.56 Å². The van der Waals surface area contributed by atoms with Crippen molar-refractivity contribution >= 4 is 23.5 Å². The summed E-state index contributed by atoms with van der Waals surface area (Å²) in [5.74, 6) is -0.211. The quantitative estimate of drug-likeness (QED) is 0.804. The van der Waals surface area contributed by atoms with Crippen LogP contribution in [0.2, 0.25) is 0 Å². The lowest BCUT2D eigenvalue weighted by Gasteiger charge is -2.14. The number of aromatic carboxylic acids is 1. The third-order valence-corrected chi connectivity index (χ3v) is 4.88. The molecule has 0 spiro atoms. The Bertz CT molecular complexity index is 473. The largest absolute Gasteiger partial charge is 0.478 e. The molecule has 104 valence electrons. The average Bonchev–Trinajstić information content (AvgIpc) is 3.17. The monoisotopic (exact) mass is 280 g/mol. The lowest BCUT2D eigenvalue weighted by molar-refractivity contribution is 0.0696. The molecule has 1 fully saturated rings. The summed E-state index contributed by atoms with van der Waals surface area (Å²) in [7, 11) is 0. The standard InChI is InChI=1S/C14H20N2O2S/c1-3-4-11-7-10(13(17)18)8-12(16-11)15-9-14(19-2)5-6-14/h7-8H,3-6,9H2,1-2H3,(H,15,16)(H,17,18). The number of hydrogen-bond acceptors (Lipinski definition) is 4. The third-order valence-electron chi connectivity index (χ3n) is 3.46.